The Kier molecular flexibility index (Phi) is 2.40. The Bertz CT molecular complexity index is 289. The molecule has 4 heteroatoms. The van der Waals surface area contributed by atoms with E-state index in [0.717, 1.165) is 19.2 Å². The normalized spacial score (nSPS) is 20.8. The average molecular weight is 182 g/mol. The lowest BCUT2D eigenvalue weighted by Crippen LogP contribution is -2.46. The molecule has 70 valence electrons. The maximum Gasteiger partial charge on any atom is 0.145 e. The summed E-state index contributed by atoms with van der Waals surface area (Å²) >= 11 is 0. The van der Waals surface area contributed by atoms with Gasteiger partial charge in [0.05, 0.1) is 12.4 Å². The maximum absolute atomic E-state index is 12.6. The van der Waals surface area contributed by atoms with E-state index in [1.54, 1.807) is 0 Å². The topological polar surface area (TPSA) is 34.1 Å². The summed E-state index contributed by atoms with van der Waals surface area (Å²) in [7, 11) is 0. The van der Waals surface area contributed by atoms with Gasteiger partial charge in [-0.2, -0.15) is 0 Å². The first kappa shape index (κ1) is 8.44. The first-order valence-electron chi connectivity index (χ1n) is 4.31. The smallest absolute Gasteiger partial charge is 0.145 e. The van der Waals surface area contributed by atoms with Gasteiger partial charge in [-0.1, -0.05) is 0 Å². The van der Waals surface area contributed by atoms with Crippen LogP contribution in [0.4, 0.5) is 4.39 Å². The van der Waals surface area contributed by atoms with E-state index in [9.17, 15) is 4.39 Å². The number of pyridine rings is 1. The van der Waals surface area contributed by atoms with Crippen LogP contribution in [0.1, 0.15) is 6.42 Å². The molecule has 0 aliphatic carbocycles. The Morgan fingerprint density at radius 1 is 1.62 bits per heavy atom. The van der Waals surface area contributed by atoms with Crippen LogP contribution in [0.25, 0.3) is 0 Å². The van der Waals surface area contributed by atoms with Crippen molar-refractivity contribution in [2.75, 3.05) is 13.2 Å². The van der Waals surface area contributed by atoms with Gasteiger partial charge in [-0.25, -0.2) is 4.39 Å². The molecule has 13 heavy (non-hydrogen) atoms. The van der Waals surface area contributed by atoms with Crippen molar-refractivity contribution in [1.29, 1.82) is 0 Å². The molecule has 1 aliphatic rings. The Balaban J connectivity index is 1.86. The van der Waals surface area contributed by atoms with Gasteiger partial charge in [0.1, 0.15) is 18.2 Å². The summed E-state index contributed by atoms with van der Waals surface area (Å²) in [5.41, 5.74) is 0. The van der Waals surface area contributed by atoms with Crippen molar-refractivity contribution < 1.29 is 9.13 Å². The van der Waals surface area contributed by atoms with Crippen LogP contribution in [0.15, 0.2) is 18.5 Å². The van der Waals surface area contributed by atoms with Gasteiger partial charge >= 0.3 is 0 Å². The molecular formula is C9H11FN2O. The highest BCUT2D eigenvalue weighted by Crippen LogP contribution is 2.11. The lowest BCUT2D eigenvalue weighted by atomic mass is 10.1. The van der Waals surface area contributed by atoms with Crippen LogP contribution in [-0.4, -0.2) is 24.2 Å². The molecule has 0 unspecified atom stereocenters. The highest BCUT2D eigenvalue weighted by atomic mass is 19.1. The quantitative estimate of drug-likeness (QED) is 0.756. The molecule has 3 nitrogen and oxygen atoms in total. The Morgan fingerprint density at radius 3 is 3.08 bits per heavy atom. The number of halogens is 1. The van der Waals surface area contributed by atoms with E-state index in [-0.39, 0.29) is 5.82 Å². The molecule has 0 saturated carbocycles. The predicted octanol–water partition coefficient (Wildman–Crippen LogP) is 0.961. The summed E-state index contributed by atoms with van der Waals surface area (Å²) in [6.07, 6.45) is 3.80. The van der Waals surface area contributed by atoms with Gasteiger partial charge in [0, 0.05) is 12.1 Å². The Morgan fingerprint density at radius 2 is 2.46 bits per heavy atom. The van der Waals surface area contributed by atoms with Crippen molar-refractivity contribution in [2.45, 2.75) is 12.5 Å². The standard InChI is InChI=1S/C9H11FN2O/c10-7-3-9(5-11-4-7)13-6-8-1-2-12-8/h3-5,8,12H,1-2,6H2/t8-/m0/s1. The number of aromatic nitrogens is 1. The number of hydrogen-bond donors (Lipinski definition) is 1. The van der Waals surface area contributed by atoms with Gasteiger partial charge < -0.3 is 10.1 Å². The number of nitrogens with one attached hydrogen (secondary N) is 1. The number of rotatable bonds is 3. The molecule has 0 aromatic carbocycles. The van der Waals surface area contributed by atoms with Crippen LogP contribution < -0.4 is 10.1 Å². The first-order valence-corrected chi connectivity index (χ1v) is 4.31. The molecule has 0 amide bonds. The van der Waals surface area contributed by atoms with E-state index in [1.165, 1.54) is 12.3 Å². The second kappa shape index (κ2) is 3.70. The molecule has 0 bridgehead atoms. The second-order valence-corrected chi connectivity index (χ2v) is 3.09. The third kappa shape index (κ3) is 2.15. The lowest BCUT2D eigenvalue weighted by Gasteiger charge is -2.27. The van der Waals surface area contributed by atoms with E-state index in [2.05, 4.69) is 10.3 Å². The van der Waals surface area contributed by atoms with Crippen LogP contribution in [0.3, 0.4) is 0 Å². The van der Waals surface area contributed by atoms with Gasteiger partial charge in [0.25, 0.3) is 0 Å². The van der Waals surface area contributed by atoms with Gasteiger partial charge in [-0.05, 0) is 13.0 Å². The highest BCUT2D eigenvalue weighted by Gasteiger charge is 2.16. The molecule has 1 aliphatic heterocycles. The van der Waals surface area contributed by atoms with Crippen molar-refractivity contribution >= 4 is 0 Å². The zero-order chi connectivity index (χ0) is 9.10. The van der Waals surface area contributed by atoms with Crippen LogP contribution in [-0.2, 0) is 0 Å². The van der Waals surface area contributed by atoms with E-state index in [4.69, 9.17) is 4.74 Å². The number of hydrogen-bond acceptors (Lipinski definition) is 3. The van der Waals surface area contributed by atoms with Crippen LogP contribution in [0.5, 0.6) is 5.75 Å². The van der Waals surface area contributed by atoms with Crippen molar-refractivity contribution in [3.63, 3.8) is 0 Å². The van der Waals surface area contributed by atoms with Crippen LogP contribution in [0, 0.1) is 5.82 Å². The molecule has 1 aromatic rings. The molecule has 1 fully saturated rings. The molecule has 0 spiro atoms. The molecule has 1 aromatic heterocycles. The van der Waals surface area contributed by atoms with E-state index in [0.29, 0.717) is 18.4 Å². The molecule has 1 N–H and O–H groups in total. The maximum atomic E-state index is 12.6. The SMILES string of the molecule is Fc1cncc(OC[C@@H]2CCN2)c1. The van der Waals surface area contributed by atoms with Crippen LogP contribution in [0.2, 0.25) is 0 Å². The summed E-state index contributed by atoms with van der Waals surface area (Å²) in [6, 6.07) is 1.76. The highest BCUT2D eigenvalue weighted by molar-refractivity contribution is 5.16. The molecule has 2 rings (SSSR count). The van der Waals surface area contributed by atoms with E-state index in [1.807, 2.05) is 0 Å². The number of nitrogens with zero attached hydrogens (tertiary/aromatic N) is 1. The second-order valence-electron chi connectivity index (χ2n) is 3.09. The summed E-state index contributed by atoms with van der Waals surface area (Å²) in [5.74, 6) is 0.132. The van der Waals surface area contributed by atoms with Gasteiger partial charge in [-0.3, -0.25) is 4.98 Å². The average Bonchev–Trinajstić information content (AvgIpc) is 2.01. The predicted molar refractivity (Wildman–Crippen MR) is 46.1 cm³/mol. The molecule has 1 saturated heterocycles. The molecule has 1 atom stereocenters. The summed E-state index contributed by atoms with van der Waals surface area (Å²) in [6.45, 7) is 1.64. The fourth-order valence-corrected chi connectivity index (χ4v) is 1.16. The first-order chi connectivity index (χ1) is 6.34. The monoisotopic (exact) mass is 182 g/mol. The summed E-state index contributed by atoms with van der Waals surface area (Å²) in [4.78, 5) is 3.69. The van der Waals surface area contributed by atoms with E-state index >= 15 is 0 Å². The summed E-state index contributed by atoms with van der Waals surface area (Å²) < 4.78 is 18.0. The third-order valence-electron chi connectivity index (χ3n) is 2.06. The zero-order valence-electron chi connectivity index (χ0n) is 7.16. The zero-order valence-corrected chi connectivity index (χ0v) is 7.16. The minimum Gasteiger partial charge on any atom is -0.490 e. The van der Waals surface area contributed by atoms with Gasteiger partial charge in [-0.15, -0.1) is 0 Å². The Hall–Kier alpha value is -1.16. The van der Waals surface area contributed by atoms with E-state index < -0.39 is 0 Å². The van der Waals surface area contributed by atoms with Crippen molar-refractivity contribution in [2.24, 2.45) is 0 Å². The molecule has 2 heterocycles. The fourth-order valence-electron chi connectivity index (χ4n) is 1.16. The third-order valence-corrected chi connectivity index (χ3v) is 2.06. The molecule has 0 radical (unpaired) electrons. The van der Waals surface area contributed by atoms with Gasteiger partial charge in [0.15, 0.2) is 0 Å². The lowest BCUT2D eigenvalue weighted by molar-refractivity contribution is 0.216. The Labute approximate surface area is 75.9 Å². The van der Waals surface area contributed by atoms with Crippen molar-refractivity contribution in [3.05, 3.63) is 24.3 Å². The van der Waals surface area contributed by atoms with Crippen LogP contribution >= 0.6 is 0 Å². The number of ether oxygens (including phenoxy) is 1. The summed E-state index contributed by atoms with van der Waals surface area (Å²) in [5, 5.41) is 3.19. The van der Waals surface area contributed by atoms with Gasteiger partial charge in [0.2, 0.25) is 0 Å². The fraction of sp³-hybridized carbons (Fsp3) is 0.444. The molecular weight excluding hydrogens is 171 g/mol. The van der Waals surface area contributed by atoms with Crippen molar-refractivity contribution in [3.8, 4) is 5.75 Å². The largest absolute Gasteiger partial charge is 0.490 e. The minimum absolute atomic E-state index is 0.362. The minimum atomic E-state index is -0.362. The van der Waals surface area contributed by atoms with Crippen molar-refractivity contribution in [1.82, 2.24) is 10.3 Å².